The van der Waals surface area contributed by atoms with Crippen molar-refractivity contribution >= 4 is 5.95 Å². The number of benzene rings is 1. The topological polar surface area (TPSA) is 89.0 Å². The van der Waals surface area contributed by atoms with E-state index in [4.69, 9.17) is 4.74 Å². The van der Waals surface area contributed by atoms with Gasteiger partial charge in [-0.1, -0.05) is 29.8 Å². The molecule has 0 radical (unpaired) electrons. The summed E-state index contributed by atoms with van der Waals surface area (Å²) in [4.78, 5) is 31.3. The molecule has 128 valence electrons. The minimum absolute atomic E-state index is 0.0774. The van der Waals surface area contributed by atoms with Crippen LogP contribution in [0.5, 0.6) is 0 Å². The zero-order valence-corrected chi connectivity index (χ0v) is 13.9. The highest BCUT2D eigenvalue weighted by Gasteiger charge is 2.20. The second kappa shape index (κ2) is 7.00. The molecule has 3 rings (SSSR count). The van der Waals surface area contributed by atoms with Crippen LogP contribution in [0, 0.1) is 6.92 Å². The maximum atomic E-state index is 12.3. The summed E-state index contributed by atoms with van der Waals surface area (Å²) in [5, 5.41) is 3.09. The molecule has 0 unspecified atom stereocenters. The van der Waals surface area contributed by atoms with E-state index in [1.165, 1.54) is 4.57 Å². The Labute approximate surface area is 139 Å². The summed E-state index contributed by atoms with van der Waals surface area (Å²) < 4.78 is 6.47. The minimum atomic E-state index is -0.524. The summed E-state index contributed by atoms with van der Waals surface area (Å²) in [7, 11) is 0. The lowest BCUT2D eigenvalue weighted by molar-refractivity contribution is 0.0670. The van der Waals surface area contributed by atoms with Crippen molar-refractivity contribution < 1.29 is 4.74 Å². The third kappa shape index (κ3) is 3.56. The van der Waals surface area contributed by atoms with Crippen molar-refractivity contribution in [3.8, 4) is 0 Å². The van der Waals surface area contributed by atoms with Crippen LogP contribution in [0.15, 0.2) is 33.9 Å². The molecular formula is C17H22N4O3. The number of ether oxygens (including phenoxy) is 1. The Kier molecular flexibility index (Phi) is 4.80. The number of hydrogen-bond acceptors (Lipinski definition) is 5. The fraction of sp³-hybridized carbons (Fsp3) is 0.471. The Morgan fingerprint density at radius 2 is 2.08 bits per heavy atom. The SMILES string of the molecule is Cc1cccc([C@H](C)Nc2nc(=O)n(C3CCOCC3)c(=O)[nH]2)c1. The lowest BCUT2D eigenvalue weighted by Crippen LogP contribution is -2.42. The Bertz CT molecular complexity index is 790. The van der Waals surface area contributed by atoms with Crippen LogP contribution in [0.2, 0.25) is 0 Å². The van der Waals surface area contributed by atoms with Crippen molar-refractivity contribution in [1.29, 1.82) is 0 Å². The molecule has 1 aliphatic rings. The fourth-order valence-electron chi connectivity index (χ4n) is 2.99. The van der Waals surface area contributed by atoms with E-state index in [0.29, 0.717) is 26.1 Å². The van der Waals surface area contributed by atoms with Gasteiger partial charge in [0, 0.05) is 19.3 Å². The average Bonchev–Trinajstić information content (AvgIpc) is 2.55. The first kappa shape index (κ1) is 16.4. The van der Waals surface area contributed by atoms with E-state index in [-0.39, 0.29) is 18.0 Å². The zero-order chi connectivity index (χ0) is 17.1. The second-order valence-corrected chi connectivity index (χ2v) is 6.17. The molecule has 7 nitrogen and oxygen atoms in total. The number of nitrogens with zero attached hydrogens (tertiary/aromatic N) is 2. The van der Waals surface area contributed by atoms with Gasteiger partial charge in [0.1, 0.15) is 0 Å². The number of nitrogens with one attached hydrogen (secondary N) is 2. The van der Waals surface area contributed by atoms with Gasteiger partial charge in [-0.2, -0.15) is 4.98 Å². The largest absolute Gasteiger partial charge is 0.381 e. The summed E-state index contributed by atoms with van der Waals surface area (Å²) >= 11 is 0. The molecule has 1 fully saturated rings. The zero-order valence-electron chi connectivity index (χ0n) is 13.9. The predicted octanol–water partition coefficient (Wildman–Crippen LogP) is 1.76. The van der Waals surface area contributed by atoms with Crippen LogP contribution in [0.4, 0.5) is 5.95 Å². The molecule has 2 heterocycles. The van der Waals surface area contributed by atoms with Crippen molar-refractivity contribution in [3.05, 3.63) is 56.4 Å². The van der Waals surface area contributed by atoms with Crippen molar-refractivity contribution in [1.82, 2.24) is 14.5 Å². The van der Waals surface area contributed by atoms with Gasteiger partial charge in [0.05, 0.1) is 6.04 Å². The van der Waals surface area contributed by atoms with Crippen LogP contribution in [0.1, 0.15) is 43.0 Å². The second-order valence-electron chi connectivity index (χ2n) is 6.17. The number of hydrogen-bond donors (Lipinski definition) is 2. The molecule has 7 heteroatoms. The van der Waals surface area contributed by atoms with E-state index < -0.39 is 11.4 Å². The molecule has 0 aliphatic carbocycles. The van der Waals surface area contributed by atoms with E-state index in [0.717, 1.165) is 11.1 Å². The van der Waals surface area contributed by atoms with E-state index in [1.807, 2.05) is 32.0 Å². The van der Waals surface area contributed by atoms with Crippen LogP contribution in [-0.4, -0.2) is 27.7 Å². The van der Waals surface area contributed by atoms with E-state index in [9.17, 15) is 9.59 Å². The molecule has 2 N–H and O–H groups in total. The third-order valence-electron chi connectivity index (χ3n) is 4.31. The van der Waals surface area contributed by atoms with Gasteiger partial charge in [-0.25, -0.2) is 14.2 Å². The number of rotatable bonds is 4. The smallest absolute Gasteiger partial charge is 0.355 e. The first-order valence-electron chi connectivity index (χ1n) is 8.18. The predicted molar refractivity (Wildman–Crippen MR) is 91.4 cm³/mol. The van der Waals surface area contributed by atoms with Crippen LogP contribution in [-0.2, 0) is 4.74 Å². The number of aromatic amines is 1. The van der Waals surface area contributed by atoms with Gasteiger partial charge >= 0.3 is 11.4 Å². The molecule has 2 aromatic rings. The van der Waals surface area contributed by atoms with Gasteiger partial charge in [0.2, 0.25) is 5.95 Å². The Balaban J connectivity index is 1.82. The maximum Gasteiger partial charge on any atom is 0.355 e. The summed E-state index contributed by atoms with van der Waals surface area (Å²) in [5.41, 5.74) is 1.26. The van der Waals surface area contributed by atoms with Crippen LogP contribution < -0.4 is 16.7 Å². The van der Waals surface area contributed by atoms with Crippen LogP contribution >= 0.6 is 0 Å². The average molecular weight is 330 g/mol. The number of anilines is 1. The summed E-state index contributed by atoms with van der Waals surface area (Å²) in [6.07, 6.45) is 1.30. The third-order valence-corrected chi connectivity index (χ3v) is 4.31. The normalized spacial score (nSPS) is 16.8. The monoisotopic (exact) mass is 330 g/mol. The molecular weight excluding hydrogens is 308 g/mol. The number of H-pyrrole nitrogens is 1. The van der Waals surface area contributed by atoms with Crippen LogP contribution in [0.25, 0.3) is 0 Å². The molecule has 1 aromatic carbocycles. The maximum absolute atomic E-state index is 12.3. The van der Waals surface area contributed by atoms with Crippen molar-refractivity contribution in [3.63, 3.8) is 0 Å². The minimum Gasteiger partial charge on any atom is -0.381 e. The van der Waals surface area contributed by atoms with Gasteiger partial charge in [0.25, 0.3) is 0 Å². The molecule has 1 atom stereocenters. The Hall–Kier alpha value is -2.41. The summed E-state index contributed by atoms with van der Waals surface area (Å²) in [6, 6.07) is 7.82. The van der Waals surface area contributed by atoms with Crippen molar-refractivity contribution in [2.45, 2.75) is 38.8 Å². The molecule has 0 saturated carbocycles. The van der Waals surface area contributed by atoms with E-state index in [2.05, 4.69) is 21.4 Å². The standard InChI is InChI=1S/C17H22N4O3/c1-11-4-3-5-13(10-11)12(2)18-15-19-16(22)21(17(23)20-15)14-6-8-24-9-7-14/h3-5,10,12,14H,6-9H2,1-2H3,(H2,18,19,20,22,23)/t12-/m0/s1. The number of aromatic nitrogens is 3. The highest BCUT2D eigenvalue weighted by Crippen LogP contribution is 2.18. The molecule has 1 saturated heterocycles. The van der Waals surface area contributed by atoms with Gasteiger partial charge in [-0.05, 0) is 32.3 Å². The quantitative estimate of drug-likeness (QED) is 0.892. The summed E-state index contributed by atoms with van der Waals surface area (Å²) in [5.74, 6) is 0.197. The van der Waals surface area contributed by atoms with E-state index >= 15 is 0 Å². The summed E-state index contributed by atoms with van der Waals surface area (Å²) in [6.45, 7) is 5.09. The molecule has 0 bridgehead atoms. The van der Waals surface area contributed by atoms with Gasteiger partial charge in [-0.3, -0.25) is 4.98 Å². The molecule has 1 aromatic heterocycles. The van der Waals surface area contributed by atoms with Gasteiger partial charge in [-0.15, -0.1) is 0 Å². The Morgan fingerprint density at radius 1 is 1.33 bits per heavy atom. The first-order valence-corrected chi connectivity index (χ1v) is 8.18. The molecule has 0 amide bonds. The highest BCUT2D eigenvalue weighted by molar-refractivity contribution is 5.32. The van der Waals surface area contributed by atoms with Gasteiger partial charge in [0.15, 0.2) is 0 Å². The van der Waals surface area contributed by atoms with Crippen LogP contribution in [0.3, 0.4) is 0 Å². The Morgan fingerprint density at radius 3 is 2.75 bits per heavy atom. The molecule has 24 heavy (non-hydrogen) atoms. The van der Waals surface area contributed by atoms with Gasteiger partial charge < -0.3 is 10.1 Å². The molecule has 0 spiro atoms. The van der Waals surface area contributed by atoms with Crippen molar-refractivity contribution in [2.75, 3.05) is 18.5 Å². The van der Waals surface area contributed by atoms with E-state index in [1.54, 1.807) is 0 Å². The van der Waals surface area contributed by atoms with Crippen molar-refractivity contribution in [2.24, 2.45) is 0 Å². The molecule has 1 aliphatic heterocycles. The lowest BCUT2D eigenvalue weighted by atomic mass is 10.1. The first-order chi connectivity index (χ1) is 11.5. The number of aryl methyl sites for hydroxylation is 1. The fourth-order valence-corrected chi connectivity index (χ4v) is 2.99. The highest BCUT2D eigenvalue weighted by atomic mass is 16.5. The lowest BCUT2D eigenvalue weighted by Gasteiger charge is -2.23.